The summed E-state index contributed by atoms with van der Waals surface area (Å²) in [4.78, 5) is 7.94. The van der Waals surface area contributed by atoms with Crippen LogP contribution < -0.4 is 10.2 Å². The van der Waals surface area contributed by atoms with Crippen molar-refractivity contribution in [2.45, 2.75) is 25.5 Å². The summed E-state index contributed by atoms with van der Waals surface area (Å²) in [5, 5.41) is 15.0. The molecule has 1 saturated heterocycles. The number of rotatable bonds is 3. The third-order valence-corrected chi connectivity index (χ3v) is 4.14. The Morgan fingerprint density at radius 3 is 3.28 bits per heavy atom. The zero-order valence-corrected chi connectivity index (χ0v) is 11.3. The average Bonchev–Trinajstić information content (AvgIpc) is 2.92. The maximum absolute atomic E-state index is 9.80. The quantitative estimate of drug-likeness (QED) is 0.873. The van der Waals surface area contributed by atoms with E-state index >= 15 is 0 Å². The number of aromatic nitrogens is 2. The molecule has 1 fully saturated rings. The SMILES string of the molecule is CNCc1c(N2CCCC(O)C2)nc2sccn12. The molecule has 0 spiro atoms. The zero-order chi connectivity index (χ0) is 12.5. The lowest BCUT2D eigenvalue weighted by atomic mass is 10.1. The van der Waals surface area contributed by atoms with E-state index in [1.807, 2.05) is 7.05 Å². The van der Waals surface area contributed by atoms with Crippen LogP contribution >= 0.6 is 11.3 Å². The third kappa shape index (κ3) is 2.00. The van der Waals surface area contributed by atoms with Crippen LogP contribution in [0, 0.1) is 0 Å². The van der Waals surface area contributed by atoms with E-state index in [9.17, 15) is 5.11 Å². The van der Waals surface area contributed by atoms with Crippen LogP contribution in [0.3, 0.4) is 0 Å². The highest BCUT2D eigenvalue weighted by Crippen LogP contribution is 2.27. The fourth-order valence-corrected chi connectivity index (χ4v) is 3.28. The summed E-state index contributed by atoms with van der Waals surface area (Å²) < 4.78 is 2.14. The minimum absolute atomic E-state index is 0.221. The molecule has 1 aliphatic heterocycles. The van der Waals surface area contributed by atoms with Gasteiger partial charge in [0.25, 0.3) is 0 Å². The van der Waals surface area contributed by atoms with Gasteiger partial charge in [-0.25, -0.2) is 4.98 Å². The summed E-state index contributed by atoms with van der Waals surface area (Å²) >= 11 is 1.65. The van der Waals surface area contributed by atoms with Crippen molar-refractivity contribution in [1.82, 2.24) is 14.7 Å². The van der Waals surface area contributed by atoms with Crippen LogP contribution in [0.25, 0.3) is 4.96 Å². The number of thiazole rings is 1. The van der Waals surface area contributed by atoms with E-state index in [0.717, 1.165) is 36.7 Å². The molecule has 1 aliphatic rings. The molecule has 0 radical (unpaired) electrons. The van der Waals surface area contributed by atoms with E-state index < -0.39 is 0 Å². The summed E-state index contributed by atoms with van der Waals surface area (Å²) in [5.41, 5.74) is 1.18. The van der Waals surface area contributed by atoms with Gasteiger partial charge in [0.2, 0.25) is 0 Å². The van der Waals surface area contributed by atoms with Crippen molar-refractivity contribution in [1.29, 1.82) is 0 Å². The molecule has 1 atom stereocenters. The number of imidazole rings is 1. The van der Waals surface area contributed by atoms with Crippen molar-refractivity contribution < 1.29 is 5.11 Å². The van der Waals surface area contributed by atoms with E-state index in [4.69, 9.17) is 4.98 Å². The molecule has 2 N–H and O–H groups in total. The van der Waals surface area contributed by atoms with Crippen LogP contribution in [0.5, 0.6) is 0 Å². The van der Waals surface area contributed by atoms with Gasteiger partial charge in [-0.05, 0) is 19.9 Å². The Morgan fingerprint density at radius 1 is 1.61 bits per heavy atom. The van der Waals surface area contributed by atoms with E-state index in [1.54, 1.807) is 11.3 Å². The Bertz CT molecular complexity index is 535. The van der Waals surface area contributed by atoms with Crippen LogP contribution in [0.15, 0.2) is 11.6 Å². The highest BCUT2D eigenvalue weighted by molar-refractivity contribution is 7.15. The molecule has 0 aromatic carbocycles. The van der Waals surface area contributed by atoms with Gasteiger partial charge in [-0.1, -0.05) is 0 Å². The molecule has 1 unspecified atom stereocenters. The lowest BCUT2D eigenvalue weighted by molar-refractivity contribution is 0.154. The summed E-state index contributed by atoms with van der Waals surface area (Å²) in [7, 11) is 1.95. The molecule has 98 valence electrons. The zero-order valence-electron chi connectivity index (χ0n) is 10.5. The first-order chi connectivity index (χ1) is 8.79. The topological polar surface area (TPSA) is 52.8 Å². The smallest absolute Gasteiger partial charge is 0.195 e. The van der Waals surface area contributed by atoms with E-state index in [1.165, 1.54) is 5.69 Å². The first kappa shape index (κ1) is 12.0. The minimum Gasteiger partial charge on any atom is -0.391 e. The fourth-order valence-electron chi connectivity index (χ4n) is 2.55. The average molecular weight is 266 g/mol. The van der Waals surface area contributed by atoms with Crippen molar-refractivity contribution in [3.63, 3.8) is 0 Å². The second-order valence-corrected chi connectivity index (χ2v) is 5.58. The van der Waals surface area contributed by atoms with Crippen LogP contribution in [0.2, 0.25) is 0 Å². The van der Waals surface area contributed by atoms with Crippen molar-refractivity contribution in [3.8, 4) is 0 Å². The summed E-state index contributed by atoms with van der Waals surface area (Å²) in [6.07, 6.45) is 3.77. The molecular formula is C12H18N4OS. The van der Waals surface area contributed by atoms with Crippen molar-refractivity contribution in [2.24, 2.45) is 0 Å². The van der Waals surface area contributed by atoms with Crippen LogP contribution in [0.1, 0.15) is 18.5 Å². The van der Waals surface area contributed by atoms with Gasteiger partial charge in [0, 0.05) is 31.2 Å². The largest absolute Gasteiger partial charge is 0.391 e. The van der Waals surface area contributed by atoms with Gasteiger partial charge in [-0.3, -0.25) is 4.40 Å². The second kappa shape index (κ2) is 4.87. The van der Waals surface area contributed by atoms with E-state index in [2.05, 4.69) is 26.2 Å². The Morgan fingerprint density at radius 2 is 2.50 bits per heavy atom. The number of aliphatic hydroxyl groups is 1. The minimum atomic E-state index is -0.221. The number of anilines is 1. The summed E-state index contributed by atoms with van der Waals surface area (Å²) in [6, 6.07) is 0. The van der Waals surface area contributed by atoms with Gasteiger partial charge in [-0.2, -0.15) is 0 Å². The lowest BCUT2D eigenvalue weighted by Crippen LogP contribution is -2.39. The fraction of sp³-hybridized carbons (Fsp3) is 0.583. The molecule has 6 heteroatoms. The molecule has 2 aromatic heterocycles. The van der Waals surface area contributed by atoms with Gasteiger partial charge in [0.1, 0.15) is 0 Å². The predicted octanol–water partition coefficient (Wildman–Crippen LogP) is 1.08. The number of nitrogens with zero attached hydrogens (tertiary/aromatic N) is 3. The molecule has 5 nitrogen and oxygen atoms in total. The molecule has 0 bridgehead atoms. The summed E-state index contributed by atoms with van der Waals surface area (Å²) in [5.74, 6) is 1.02. The number of β-amino-alcohol motifs (C(OH)–C–C–N with tert-alkyl or cyclic N) is 1. The second-order valence-electron chi connectivity index (χ2n) is 4.71. The van der Waals surface area contributed by atoms with Crippen LogP contribution in [0.4, 0.5) is 5.82 Å². The molecule has 2 aromatic rings. The van der Waals surface area contributed by atoms with Gasteiger partial charge in [0.15, 0.2) is 10.8 Å². The number of piperidine rings is 1. The molecular weight excluding hydrogens is 248 g/mol. The standard InChI is InChI=1S/C12H18N4OS/c1-13-7-10-11(14-12-16(10)5-6-18-12)15-4-2-3-9(17)8-15/h5-6,9,13,17H,2-4,7-8H2,1H3. The first-order valence-corrected chi connectivity index (χ1v) is 7.19. The van der Waals surface area contributed by atoms with Gasteiger partial charge < -0.3 is 15.3 Å². The molecule has 18 heavy (non-hydrogen) atoms. The molecule has 0 aliphatic carbocycles. The van der Waals surface area contributed by atoms with Crippen molar-refractivity contribution in [2.75, 3.05) is 25.0 Å². The maximum Gasteiger partial charge on any atom is 0.195 e. The molecule has 0 amide bonds. The van der Waals surface area contributed by atoms with E-state index in [-0.39, 0.29) is 6.10 Å². The van der Waals surface area contributed by atoms with Crippen molar-refractivity contribution >= 4 is 22.1 Å². The van der Waals surface area contributed by atoms with Crippen LogP contribution in [-0.4, -0.2) is 40.7 Å². The number of aliphatic hydroxyl groups excluding tert-OH is 1. The summed E-state index contributed by atoms with van der Waals surface area (Å²) in [6.45, 7) is 2.47. The van der Waals surface area contributed by atoms with Crippen molar-refractivity contribution in [3.05, 3.63) is 17.3 Å². The Balaban J connectivity index is 1.98. The monoisotopic (exact) mass is 266 g/mol. The highest BCUT2D eigenvalue weighted by Gasteiger charge is 2.23. The number of hydrogen-bond acceptors (Lipinski definition) is 5. The first-order valence-electron chi connectivity index (χ1n) is 6.31. The van der Waals surface area contributed by atoms with Crippen LogP contribution in [-0.2, 0) is 6.54 Å². The molecule has 3 rings (SSSR count). The number of nitrogens with one attached hydrogen (secondary N) is 1. The predicted molar refractivity (Wildman–Crippen MR) is 73.3 cm³/mol. The number of hydrogen-bond donors (Lipinski definition) is 2. The van der Waals surface area contributed by atoms with Gasteiger partial charge in [0.05, 0.1) is 11.8 Å². The molecule has 0 saturated carbocycles. The highest BCUT2D eigenvalue weighted by atomic mass is 32.1. The van der Waals surface area contributed by atoms with Gasteiger partial charge >= 0.3 is 0 Å². The van der Waals surface area contributed by atoms with Gasteiger partial charge in [-0.15, -0.1) is 11.3 Å². The Hall–Kier alpha value is -1.11. The maximum atomic E-state index is 9.80. The lowest BCUT2D eigenvalue weighted by Gasteiger charge is -2.31. The number of fused-ring (bicyclic) bond motifs is 1. The Labute approximate surface area is 110 Å². The van der Waals surface area contributed by atoms with E-state index in [0.29, 0.717) is 6.54 Å². The third-order valence-electron chi connectivity index (χ3n) is 3.38. The normalized spacial score (nSPS) is 20.8. The Kier molecular flexibility index (Phi) is 3.23. The molecule has 3 heterocycles.